The molecule has 3 aromatic rings. The highest BCUT2D eigenvalue weighted by Crippen LogP contribution is 2.35. The third kappa shape index (κ3) is 6.62. The minimum absolute atomic E-state index is 0.00757. The lowest BCUT2D eigenvalue weighted by Gasteiger charge is -2.33. The van der Waals surface area contributed by atoms with E-state index in [2.05, 4.69) is 10.3 Å². The van der Waals surface area contributed by atoms with Crippen LogP contribution in [0.15, 0.2) is 46.3 Å². The average molecular weight is 585 g/mol. The molecular formula is C26H28ClF3N4O4S. The SMILES string of the molecule is CCS(=O)(=O)c1ccc(Cl)cc1Cn1cnc2cc(CN3CCC[C@H](NC(C)=O)C3)c(C(F)(F)F)cc2c1=O. The number of benzene rings is 2. The summed E-state index contributed by atoms with van der Waals surface area (Å²) in [7, 11) is -3.65. The number of alkyl halides is 3. The van der Waals surface area contributed by atoms with E-state index in [1.54, 1.807) is 0 Å². The van der Waals surface area contributed by atoms with Crippen molar-refractivity contribution in [1.29, 1.82) is 0 Å². The number of hydrogen-bond acceptors (Lipinski definition) is 6. The van der Waals surface area contributed by atoms with Crippen molar-refractivity contribution in [2.75, 3.05) is 18.8 Å². The van der Waals surface area contributed by atoms with Crippen LogP contribution in [0.4, 0.5) is 13.2 Å². The smallest absolute Gasteiger partial charge is 0.352 e. The van der Waals surface area contributed by atoms with Crippen LogP contribution in [-0.2, 0) is 33.9 Å². The van der Waals surface area contributed by atoms with Gasteiger partial charge >= 0.3 is 6.18 Å². The van der Waals surface area contributed by atoms with Crippen LogP contribution in [0.3, 0.4) is 0 Å². The minimum atomic E-state index is -4.72. The monoisotopic (exact) mass is 584 g/mol. The number of aromatic nitrogens is 2. The number of rotatable bonds is 7. The molecule has 210 valence electrons. The summed E-state index contributed by atoms with van der Waals surface area (Å²) in [5.74, 6) is -0.367. The van der Waals surface area contributed by atoms with Crippen LogP contribution in [0.5, 0.6) is 0 Å². The van der Waals surface area contributed by atoms with E-state index in [4.69, 9.17) is 11.6 Å². The Morgan fingerprint density at radius 1 is 1.18 bits per heavy atom. The van der Waals surface area contributed by atoms with Crippen LogP contribution in [0, 0.1) is 0 Å². The molecule has 1 fully saturated rings. The van der Waals surface area contributed by atoms with Gasteiger partial charge in [0.15, 0.2) is 9.84 Å². The summed E-state index contributed by atoms with van der Waals surface area (Å²) in [5.41, 5.74) is -1.36. The topological polar surface area (TPSA) is 101 Å². The summed E-state index contributed by atoms with van der Waals surface area (Å²) >= 11 is 6.07. The van der Waals surface area contributed by atoms with Gasteiger partial charge < -0.3 is 5.32 Å². The van der Waals surface area contributed by atoms with Crippen molar-refractivity contribution in [3.05, 3.63) is 68.7 Å². The molecule has 8 nitrogen and oxygen atoms in total. The zero-order valence-electron chi connectivity index (χ0n) is 21.4. The molecule has 0 radical (unpaired) electrons. The van der Waals surface area contributed by atoms with Crippen LogP contribution in [0.25, 0.3) is 10.9 Å². The Morgan fingerprint density at radius 3 is 2.59 bits per heavy atom. The molecule has 1 atom stereocenters. The van der Waals surface area contributed by atoms with Gasteiger partial charge in [0.25, 0.3) is 5.56 Å². The lowest BCUT2D eigenvalue weighted by atomic mass is 10.0. The number of nitrogens with one attached hydrogen (secondary N) is 1. The first-order valence-electron chi connectivity index (χ1n) is 12.4. The van der Waals surface area contributed by atoms with Crippen LogP contribution >= 0.6 is 11.6 Å². The second-order valence-corrected chi connectivity index (χ2v) is 12.3. The second-order valence-electron chi connectivity index (χ2n) is 9.63. The van der Waals surface area contributed by atoms with E-state index >= 15 is 0 Å². The van der Waals surface area contributed by atoms with Crippen LogP contribution in [-0.4, -0.2) is 53.7 Å². The van der Waals surface area contributed by atoms with Gasteiger partial charge in [-0.1, -0.05) is 18.5 Å². The number of fused-ring (bicyclic) bond motifs is 1. The highest BCUT2D eigenvalue weighted by molar-refractivity contribution is 7.91. The Labute approximate surface area is 228 Å². The van der Waals surface area contributed by atoms with Gasteiger partial charge in [-0.05, 0) is 60.8 Å². The fourth-order valence-electron chi connectivity index (χ4n) is 4.92. The molecule has 0 unspecified atom stereocenters. The molecular weight excluding hydrogens is 557 g/mol. The van der Waals surface area contributed by atoms with Crippen LogP contribution in [0.2, 0.25) is 5.02 Å². The average Bonchev–Trinajstić information content (AvgIpc) is 2.84. The van der Waals surface area contributed by atoms with Crippen LogP contribution < -0.4 is 10.9 Å². The number of likely N-dealkylation sites (tertiary alicyclic amines) is 1. The standard InChI is InChI=1S/C26H28ClF3N4O4S/c1-3-39(37,38)24-7-6-19(27)9-18(24)13-34-15-31-23-10-17(22(26(28,29)30)11-21(23)25(34)36)12-33-8-4-5-20(14-33)32-16(2)35/h6-7,9-11,15,20H,3-5,8,12-14H2,1-2H3,(H,32,35)/t20-/m0/s1. The van der Waals surface area contributed by atoms with Gasteiger partial charge in [0.05, 0.1) is 40.0 Å². The molecule has 1 aliphatic heterocycles. The number of piperidine rings is 1. The normalized spacial score (nSPS) is 16.9. The summed E-state index contributed by atoms with van der Waals surface area (Å²) < 4.78 is 68.6. The third-order valence-corrected chi connectivity index (χ3v) is 8.80. The summed E-state index contributed by atoms with van der Waals surface area (Å²) in [6.45, 7) is 3.61. The zero-order chi connectivity index (χ0) is 28.5. The van der Waals surface area contributed by atoms with Crippen molar-refractivity contribution in [2.24, 2.45) is 0 Å². The summed E-state index contributed by atoms with van der Waals surface area (Å²) in [6.07, 6.45) is -2.06. The molecule has 0 aliphatic carbocycles. The van der Waals surface area contributed by atoms with E-state index in [1.165, 1.54) is 44.4 Å². The fraction of sp³-hybridized carbons (Fsp3) is 0.423. The number of carbonyl (C=O) groups excluding carboxylic acids is 1. The van der Waals surface area contributed by atoms with Gasteiger partial charge in [-0.2, -0.15) is 13.2 Å². The maximum Gasteiger partial charge on any atom is 0.416 e. The molecule has 1 aliphatic rings. The molecule has 0 saturated carbocycles. The fourth-order valence-corrected chi connectivity index (χ4v) is 6.22. The van der Waals surface area contributed by atoms with Crippen molar-refractivity contribution in [3.8, 4) is 0 Å². The van der Waals surface area contributed by atoms with Crippen molar-refractivity contribution >= 4 is 38.2 Å². The second kappa shape index (κ2) is 11.3. The first-order valence-corrected chi connectivity index (χ1v) is 14.4. The summed E-state index contributed by atoms with van der Waals surface area (Å²) in [5, 5.41) is 2.84. The number of hydrogen-bond donors (Lipinski definition) is 1. The predicted molar refractivity (Wildman–Crippen MR) is 141 cm³/mol. The molecule has 0 bridgehead atoms. The quantitative estimate of drug-likeness (QED) is 0.450. The van der Waals surface area contributed by atoms with Gasteiger partial charge in [-0.25, -0.2) is 13.4 Å². The van der Waals surface area contributed by atoms with E-state index in [0.717, 1.165) is 23.5 Å². The molecule has 1 amide bonds. The molecule has 2 aromatic carbocycles. The van der Waals surface area contributed by atoms with Crippen molar-refractivity contribution in [1.82, 2.24) is 19.8 Å². The van der Waals surface area contributed by atoms with Gasteiger partial charge in [0.2, 0.25) is 5.91 Å². The highest BCUT2D eigenvalue weighted by atomic mass is 35.5. The number of carbonyl (C=O) groups is 1. The maximum atomic E-state index is 14.1. The first kappa shape index (κ1) is 29.0. The van der Waals surface area contributed by atoms with E-state index in [9.17, 15) is 31.2 Å². The van der Waals surface area contributed by atoms with Crippen molar-refractivity contribution in [3.63, 3.8) is 0 Å². The number of amides is 1. The number of halogens is 4. The Morgan fingerprint density at radius 2 is 1.92 bits per heavy atom. The molecule has 0 spiro atoms. The largest absolute Gasteiger partial charge is 0.416 e. The molecule has 1 aromatic heterocycles. The minimum Gasteiger partial charge on any atom is -0.352 e. The van der Waals surface area contributed by atoms with E-state index in [0.29, 0.717) is 13.1 Å². The number of sulfone groups is 1. The molecule has 39 heavy (non-hydrogen) atoms. The Balaban J connectivity index is 1.73. The Hall–Kier alpha value is -2.96. The molecule has 4 rings (SSSR count). The predicted octanol–water partition coefficient (Wildman–Crippen LogP) is 4.01. The molecule has 1 N–H and O–H groups in total. The Bertz CT molecular complexity index is 1570. The lowest BCUT2D eigenvalue weighted by molar-refractivity contribution is -0.138. The molecule has 2 heterocycles. The van der Waals surface area contributed by atoms with Gasteiger partial charge in [-0.15, -0.1) is 0 Å². The van der Waals surface area contributed by atoms with E-state index < -0.39 is 27.1 Å². The summed E-state index contributed by atoms with van der Waals surface area (Å²) in [4.78, 5) is 30.8. The van der Waals surface area contributed by atoms with Crippen molar-refractivity contribution in [2.45, 2.75) is 56.9 Å². The third-order valence-electron chi connectivity index (χ3n) is 6.74. The highest BCUT2D eigenvalue weighted by Gasteiger charge is 2.35. The van der Waals surface area contributed by atoms with Gasteiger partial charge in [0.1, 0.15) is 0 Å². The van der Waals surface area contributed by atoms with E-state index in [1.807, 2.05) is 4.90 Å². The Kier molecular flexibility index (Phi) is 8.38. The molecule has 13 heteroatoms. The van der Waals surface area contributed by atoms with Gasteiger partial charge in [-0.3, -0.25) is 19.1 Å². The van der Waals surface area contributed by atoms with E-state index in [-0.39, 0.29) is 62.7 Å². The van der Waals surface area contributed by atoms with Gasteiger partial charge in [0, 0.05) is 31.1 Å². The lowest BCUT2D eigenvalue weighted by Crippen LogP contribution is -2.46. The zero-order valence-corrected chi connectivity index (χ0v) is 23.0. The van der Waals surface area contributed by atoms with Crippen molar-refractivity contribution < 1.29 is 26.4 Å². The first-order chi connectivity index (χ1) is 18.3. The number of nitrogens with zero attached hydrogens (tertiary/aromatic N) is 3. The molecule has 1 saturated heterocycles. The maximum absolute atomic E-state index is 14.1. The van der Waals surface area contributed by atoms with Crippen LogP contribution in [0.1, 0.15) is 43.4 Å². The summed E-state index contributed by atoms with van der Waals surface area (Å²) in [6, 6.07) is 6.13.